The van der Waals surface area contributed by atoms with Gasteiger partial charge in [-0.1, -0.05) is 17.7 Å². The Labute approximate surface area is 246 Å². The van der Waals surface area contributed by atoms with Gasteiger partial charge in [-0.05, 0) is 111 Å². The Hall–Kier alpha value is -1.93. The Balaban J connectivity index is 1.26. The molecule has 1 spiro atoms. The van der Waals surface area contributed by atoms with E-state index in [1.54, 1.807) is 0 Å². The van der Waals surface area contributed by atoms with E-state index in [1.807, 2.05) is 24.3 Å². The Kier molecular flexibility index (Phi) is 7.44. The zero-order chi connectivity index (χ0) is 27.3. The zero-order valence-corrected chi connectivity index (χ0v) is 24.8. The number of carbonyl (C=O) groups excluding carboxylic acids is 1. The fourth-order valence-corrected chi connectivity index (χ4v) is 8.56. The van der Waals surface area contributed by atoms with Crippen molar-refractivity contribution in [3.8, 4) is 5.75 Å². The van der Waals surface area contributed by atoms with Gasteiger partial charge in [0.1, 0.15) is 5.75 Å². The van der Waals surface area contributed by atoms with E-state index in [4.69, 9.17) is 25.8 Å². The molecule has 2 aromatic rings. The highest BCUT2D eigenvalue weighted by atomic mass is 35.5. The standard InChI is InChI=1S/C32H39ClN2O4S/c1-20-17-40-34-31(36)22-5-9-29-28(14-22)35(16-23-4-7-26(23)30-15-25(39-20)10-12-37-30)18-32(19-38-29)11-2-3-21-13-24(33)6-8-27(21)32/h5-6,8-9,13-14,20,23,25-26,30H,2-4,7,10-12,15-19H2,1H3,(H,34,36)/t20-,23+,25+,26-,30+,32+/m1/s1. The molecule has 1 saturated carbocycles. The van der Waals surface area contributed by atoms with Gasteiger partial charge in [-0.15, -0.1) is 0 Å². The maximum atomic E-state index is 13.2. The van der Waals surface area contributed by atoms with Gasteiger partial charge >= 0.3 is 0 Å². The van der Waals surface area contributed by atoms with Gasteiger partial charge in [-0.25, -0.2) is 0 Å². The normalized spacial score (nSPS) is 34.0. The highest BCUT2D eigenvalue weighted by molar-refractivity contribution is 7.98. The molecule has 7 rings (SSSR count). The molecule has 8 heteroatoms. The van der Waals surface area contributed by atoms with Crippen molar-refractivity contribution in [2.24, 2.45) is 11.8 Å². The molecule has 6 nitrogen and oxygen atoms in total. The van der Waals surface area contributed by atoms with Gasteiger partial charge < -0.3 is 19.1 Å². The molecule has 1 saturated heterocycles. The second-order valence-corrected chi connectivity index (χ2v) is 13.8. The van der Waals surface area contributed by atoms with Crippen LogP contribution in [-0.4, -0.2) is 56.3 Å². The van der Waals surface area contributed by atoms with Crippen LogP contribution < -0.4 is 14.4 Å². The van der Waals surface area contributed by atoms with Crippen molar-refractivity contribution in [3.05, 3.63) is 58.1 Å². The van der Waals surface area contributed by atoms with Crippen LogP contribution in [0, 0.1) is 11.8 Å². The summed E-state index contributed by atoms with van der Waals surface area (Å²) in [5.41, 5.74) is 4.29. The maximum Gasteiger partial charge on any atom is 0.261 e. The maximum absolute atomic E-state index is 13.2. The number of hydrogen-bond donors (Lipinski definition) is 1. The summed E-state index contributed by atoms with van der Waals surface area (Å²) in [6.07, 6.45) is 8.11. The molecule has 1 amide bonds. The number of amides is 1. The predicted octanol–water partition coefficient (Wildman–Crippen LogP) is 6.18. The van der Waals surface area contributed by atoms with Crippen molar-refractivity contribution in [1.82, 2.24) is 4.72 Å². The van der Waals surface area contributed by atoms with Crippen LogP contribution in [-0.2, 0) is 21.3 Å². The molecule has 0 radical (unpaired) electrons. The van der Waals surface area contributed by atoms with E-state index in [1.165, 1.54) is 35.9 Å². The highest BCUT2D eigenvalue weighted by Crippen LogP contribution is 2.47. The molecular weight excluding hydrogens is 544 g/mol. The molecule has 2 aromatic carbocycles. The second kappa shape index (κ2) is 11.0. The first-order valence-electron chi connectivity index (χ1n) is 15.0. The van der Waals surface area contributed by atoms with Gasteiger partial charge in [0, 0.05) is 47.9 Å². The van der Waals surface area contributed by atoms with Crippen LogP contribution in [0.2, 0.25) is 5.02 Å². The Morgan fingerprint density at radius 3 is 2.95 bits per heavy atom. The largest absolute Gasteiger partial charge is 0.490 e. The molecule has 0 unspecified atom stereocenters. The number of anilines is 1. The molecule has 0 aromatic heterocycles. The Bertz CT molecular complexity index is 1280. The van der Waals surface area contributed by atoms with Crippen molar-refractivity contribution < 1.29 is 19.0 Å². The molecule has 3 aliphatic heterocycles. The number of benzene rings is 2. The van der Waals surface area contributed by atoms with Crippen LogP contribution in [0.5, 0.6) is 5.75 Å². The van der Waals surface area contributed by atoms with Gasteiger partial charge in [-0.2, -0.15) is 0 Å². The summed E-state index contributed by atoms with van der Waals surface area (Å²) in [6, 6.07) is 12.3. The number of nitrogens with one attached hydrogen (secondary N) is 1. The van der Waals surface area contributed by atoms with Crippen molar-refractivity contribution in [2.45, 2.75) is 75.6 Å². The number of ether oxygens (including phenoxy) is 3. The monoisotopic (exact) mass is 582 g/mol. The van der Waals surface area contributed by atoms with Gasteiger partial charge in [-0.3, -0.25) is 9.52 Å². The average Bonchev–Trinajstić information content (AvgIpc) is 3.07. The quantitative estimate of drug-likeness (QED) is 0.374. The van der Waals surface area contributed by atoms with E-state index in [2.05, 4.69) is 28.7 Å². The summed E-state index contributed by atoms with van der Waals surface area (Å²) in [5, 5.41) is 0.800. The number of nitrogens with zero attached hydrogens (tertiary/aromatic N) is 1. The third-order valence-electron chi connectivity index (χ3n) is 9.88. The van der Waals surface area contributed by atoms with E-state index in [-0.39, 0.29) is 29.6 Å². The Morgan fingerprint density at radius 1 is 1.15 bits per heavy atom. The fraction of sp³-hybridized carbons (Fsp3) is 0.594. The third kappa shape index (κ3) is 5.12. The zero-order valence-electron chi connectivity index (χ0n) is 23.2. The lowest BCUT2D eigenvalue weighted by Gasteiger charge is -2.48. The van der Waals surface area contributed by atoms with Crippen molar-refractivity contribution in [1.29, 1.82) is 0 Å². The summed E-state index contributed by atoms with van der Waals surface area (Å²) >= 11 is 7.85. The molecule has 3 heterocycles. The molecule has 1 N–H and O–H groups in total. The second-order valence-electron chi connectivity index (χ2n) is 12.5. The molecule has 5 aliphatic rings. The van der Waals surface area contributed by atoms with Crippen molar-refractivity contribution in [2.75, 3.05) is 37.0 Å². The van der Waals surface area contributed by atoms with Crippen molar-refractivity contribution >= 4 is 35.1 Å². The average molecular weight is 583 g/mol. The number of carbonyl (C=O) groups is 1. The van der Waals surface area contributed by atoms with Crippen LogP contribution in [0.1, 0.15) is 66.9 Å². The minimum Gasteiger partial charge on any atom is -0.490 e. The highest BCUT2D eigenvalue weighted by Gasteiger charge is 2.45. The fourth-order valence-electron chi connectivity index (χ4n) is 7.72. The Morgan fingerprint density at radius 2 is 2.08 bits per heavy atom. The summed E-state index contributed by atoms with van der Waals surface area (Å²) in [7, 11) is 0. The number of fused-ring (bicyclic) bond motifs is 7. The number of rotatable bonds is 0. The van der Waals surface area contributed by atoms with E-state index in [0.29, 0.717) is 29.8 Å². The van der Waals surface area contributed by atoms with Crippen LogP contribution in [0.25, 0.3) is 0 Å². The molecular formula is C32H39ClN2O4S. The molecule has 2 aliphatic carbocycles. The minimum absolute atomic E-state index is 0.0690. The van der Waals surface area contributed by atoms with E-state index >= 15 is 0 Å². The lowest BCUT2D eigenvalue weighted by Crippen LogP contribution is -2.51. The van der Waals surface area contributed by atoms with E-state index in [9.17, 15) is 4.79 Å². The van der Waals surface area contributed by atoms with Crippen LogP contribution in [0.4, 0.5) is 5.69 Å². The van der Waals surface area contributed by atoms with Crippen LogP contribution in [0.15, 0.2) is 36.4 Å². The molecule has 2 fully saturated rings. The summed E-state index contributed by atoms with van der Waals surface area (Å²) in [6.45, 7) is 5.30. The van der Waals surface area contributed by atoms with E-state index < -0.39 is 0 Å². The van der Waals surface area contributed by atoms with Gasteiger partial charge in [0.15, 0.2) is 0 Å². The van der Waals surface area contributed by atoms with Crippen molar-refractivity contribution in [3.63, 3.8) is 0 Å². The number of halogens is 1. The van der Waals surface area contributed by atoms with E-state index in [0.717, 1.165) is 68.3 Å². The van der Waals surface area contributed by atoms with Gasteiger partial charge in [0.2, 0.25) is 0 Å². The molecule has 4 bridgehead atoms. The number of hydrogen-bond acceptors (Lipinski definition) is 6. The molecule has 214 valence electrons. The third-order valence-corrected chi connectivity index (χ3v) is 11.1. The first-order valence-corrected chi connectivity index (χ1v) is 16.3. The lowest BCUT2D eigenvalue weighted by molar-refractivity contribution is -0.126. The lowest BCUT2D eigenvalue weighted by atomic mass is 9.67. The first-order chi connectivity index (χ1) is 19.5. The van der Waals surface area contributed by atoms with Crippen LogP contribution in [0.3, 0.4) is 0 Å². The van der Waals surface area contributed by atoms with Crippen LogP contribution >= 0.6 is 23.5 Å². The predicted molar refractivity (Wildman–Crippen MR) is 160 cm³/mol. The smallest absolute Gasteiger partial charge is 0.261 e. The molecule has 6 atom stereocenters. The summed E-state index contributed by atoms with van der Waals surface area (Å²) in [5.74, 6) is 2.59. The molecule has 40 heavy (non-hydrogen) atoms. The number of aryl methyl sites for hydroxylation is 1. The SMILES string of the molecule is C[C@@H]1CSNC(=O)c2ccc3c(c2)N(C[C@@H]2CC[C@H]2[C@@H]2C[C@H](CCO2)O1)C[C@@]1(CCCc2cc(Cl)ccc21)CO3. The summed E-state index contributed by atoms with van der Waals surface area (Å²) in [4.78, 5) is 15.8. The first kappa shape index (κ1) is 26.9. The topological polar surface area (TPSA) is 60.0 Å². The summed E-state index contributed by atoms with van der Waals surface area (Å²) < 4.78 is 22.5. The minimum atomic E-state index is -0.119. The van der Waals surface area contributed by atoms with Gasteiger partial charge in [0.25, 0.3) is 5.91 Å². The van der Waals surface area contributed by atoms with Gasteiger partial charge in [0.05, 0.1) is 30.6 Å².